The van der Waals surface area contributed by atoms with E-state index >= 15 is 0 Å². The Kier molecular flexibility index (Phi) is 6.37. The van der Waals surface area contributed by atoms with Gasteiger partial charge in [-0.3, -0.25) is 4.79 Å². The second kappa shape index (κ2) is 8.32. The average molecular weight is 371 g/mol. The number of carboxylic acid groups (broad SMARTS) is 1. The maximum Gasteiger partial charge on any atom is 0.335 e. The number of carbonyl (C=O) groups is 2. The molecule has 1 saturated heterocycles. The summed E-state index contributed by atoms with van der Waals surface area (Å²) in [7, 11) is 1.32. The van der Waals surface area contributed by atoms with Gasteiger partial charge in [0.25, 0.3) is 0 Å². The van der Waals surface area contributed by atoms with Crippen LogP contribution in [-0.4, -0.2) is 76.7 Å². The minimum atomic E-state index is -1.46. The molecule has 1 amide bonds. The third-order valence-corrected chi connectivity index (χ3v) is 3.90. The maximum atomic E-state index is 11.4. The number of hydrogen-bond donors (Lipinski definition) is 5. The molecule has 144 valence electrons. The summed E-state index contributed by atoms with van der Waals surface area (Å²) < 4.78 is 16.2. The molecular formula is C16H21NO9. The van der Waals surface area contributed by atoms with Crippen LogP contribution in [0.15, 0.2) is 18.2 Å². The van der Waals surface area contributed by atoms with E-state index in [1.165, 1.54) is 32.2 Å². The molecule has 26 heavy (non-hydrogen) atoms. The monoisotopic (exact) mass is 371 g/mol. The summed E-state index contributed by atoms with van der Waals surface area (Å²) in [6, 6.07) is 2.73. The van der Waals surface area contributed by atoms with Crippen molar-refractivity contribution in [1.29, 1.82) is 0 Å². The zero-order chi connectivity index (χ0) is 19.4. The molecule has 1 aliphatic heterocycles. The van der Waals surface area contributed by atoms with Crippen molar-refractivity contribution in [3.63, 3.8) is 0 Å². The fourth-order valence-electron chi connectivity index (χ4n) is 2.59. The topological polar surface area (TPSA) is 155 Å². The third-order valence-electron chi connectivity index (χ3n) is 3.90. The van der Waals surface area contributed by atoms with E-state index in [0.29, 0.717) is 0 Å². The fourth-order valence-corrected chi connectivity index (χ4v) is 2.59. The van der Waals surface area contributed by atoms with Gasteiger partial charge in [0.15, 0.2) is 11.5 Å². The van der Waals surface area contributed by atoms with Gasteiger partial charge in [-0.15, -0.1) is 0 Å². The van der Waals surface area contributed by atoms with Crippen LogP contribution in [0.1, 0.15) is 17.3 Å². The van der Waals surface area contributed by atoms with Gasteiger partial charge in [0.1, 0.15) is 24.4 Å². The summed E-state index contributed by atoms with van der Waals surface area (Å²) in [6.45, 7) is 0.635. The molecule has 0 unspecified atom stereocenters. The molecule has 0 aromatic heterocycles. The van der Waals surface area contributed by atoms with Gasteiger partial charge in [0, 0.05) is 6.92 Å². The lowest BCUT2D eigenvalue weighted by Gasteiger charge is -2.42. The molecule has 5 N–H and O–H groups in total. The number of rotatable bonds is 6. The van der Waals surface area contributed by atoms with Gasteiger partial charge in [-0.1, -0.05) is 0 Å². The molecule has 1 aromatic rings. The first kappa shape index (κ1) is 19.9. The zero-order valence-electron chi connectivity index (χ0n) is 14.2. The van der Waals surface area contributed by atoms with E-state index in [9.17, 15) is 24.9 Å². The fraction of sp³-hybridized carbons (Fsp3) is 0.500. The predicted molar refractivity (Wildman–Crippen MR) is 85.9 cm³/mol. The smallest absolute Gasteiger partial charge is 0.335 e. The van der Waals surface area contributed by atoms with Crippen molar-refractivity contribution < 1.29 is 44.2 Å². The number of benzene rings is 1. The van der Waals surface area contributed by atoms with Crippen LogP contribution in [0.3, 0.4) is 0 Å². The van der Waals surface area contributed by atoms with Crippen LogP contribution in [0, 0.1) is 0 Å². The van der Waals surface area contributed by atoms with Crippen molar-refractivity contribution in [2.45, 2.75) is 37.6 Å². The number of aromatic carboxylic acids is 1. The van der Waals surface area contributed by atoms with E-state index in [1.54, 1.807) is 0 Å². The van der Waals surface area contributed by atoms with Crippen LogP contribution < -0.4 is 14.8 Å². The average Bonchev–Trinajstić information content (AvgIpc) is 2.60. The molecule has 0 bridgehead atoms. The molecule has 0 aliphatic carbocycles. The van der Waals surface area contributed by atoms with E-state index < -0.39 is 49.1 Å². The molecule has 1 aliphatic rings. The quantitative estimate of drug-likeness (QED) is 0.411. The van der Waals surface area contributed by atoms with Crippen molar-refractivity contribution in [2.75, 3.05) is 13.7 Å². The standard InChI is InChI=1S/C16H21NO9/c1-7(19)17-12-14(21)13(20)11(6-18)26-16(12)25-9-4-3-8(15(22)23)5-10(9)24-2/h3-5,11-14,16,18,20-21H,6H2,1-2H3,(H,17,19)(H,22,23)/t11-,12-,13+,14+,16-/m0/s1. The van der Waals surface area contributed by atoms with Crippen LogP contribution >= 0.6 is 0 Å². The second-order valence-electron chi connectivity index (χ2n) is 5.72. The summed E-state index contributed by atoms with van der Waals surface area (Å²) in [6.07, 6.45) is -5.30. The Bertz CT molecular complexity index is 665. The van der Waals surface area contributed by atoms with Crippen LogP contribution in [0.4, 0.5) is 0 Å². The predicted octanol–water partition coefficient (Wildman–Crippen LogP) is -1.28. The van der Waals surface area contributed by atoms with Crippen LogP contribution in [0.25, 0.3) is 0 Å². The number of aliphatic hydroxyl groups excluding tert-OH is 3. The summed E-state index contributed by atoms with van der Waals surface area (Å²) in [5.41, 5.74) is -0.0270. The Balaban J connectivity index is 2.31. The first-order chi connectivity index (χ1) is 12.3. The summed E-state index contributed by atoms with van der Waals surface area (Å²) >= 11 is 0. The van der Waals surface area contributed by atoms with E-state index in [0.717, 1.165) is 0 Å². The summed E-state index contributed by atoms with van der Waals surface area (Å²) in [4.78, 5) is 22.4. The summed E-state index contributed by atoms with van der Waals surface area (Å²) in [5, 5.41) is 41.0. The number of amides is 1. The van der Waals surface area contributed by atoms with Gasteiger partial charge < -0.3 is 40.0 Å². The van der Waals surface area contributed by atoms with Crippen LogP contribution in [0.5, 0.6) is 11.5 Å². The first-order valence-corrected chi connectivity index (χ1v) is 7.76. The number of hydrogen-bond acceptors (Lipinski definition) is 8. The molecule has 1 heterocycles. The van der Waals surface area contributed by atoms with Crippen molar-refractivity contribution >= 4 is 11.9 Å². The van der Waals surface area contributed by atoms with E-state index in [4.69, 9.17) is 19.3 Å². The Morgan fingerprint density at radius 2 is 1.92 bits per heavy atom. The highest BCUT2D eigenvalue weighted by molar-refractivity contribution is 5.88. The molecule has 5 atom stereocenters. The van der Waals surface area contributed by atoms with E-state index in [2.05, 4.69) is 5.32 Å². The number of ether oxygens (including phenoxy) is 3. The normalized spacial score (nSPS) is 28.3. The number of aliphatic hydroxyl groups is 3. The Morgan fingerprint density at radius 3 is 2.46 bits per heavy atom. The highest BCUT2D eigenvalue weighted by Gasteiger charge is 2.46. The van der Waals surface area contributed by atoms with Crippen molar-refractivity contribution in [2.24, 2.45) is 0 Å². The number of methoxy groups -OCH3 is 1. The van der Waals surface area contributed by atoms with Gasteiger partial charge in [-0.2, -0.15) is 0 Å². The van der Waals surface area contributed by atoms with Crippen molar-refractivity contribution in [3.05, 3.63) is 23.8 Å². The molecular weight excluding hydrogens is 350 g/mol. The SMILES string of the molecule is COc1cc(C(=O)O)ccc1O[C@H]1O[C@@H](CO)[C@@H](O)[C@H](O)[C@@H]1NC(C)=O. The molecule has 0 saturated carbocycles. The molecule has 0 radical (unpaired) electrons. The Morgan fingerprint density at radius 1 is 1.23 bits per heavy atom. The molecule has 0 spiro atoms. The van der Waals surface area contributed by atoms with E-state index in [1.807, 2.05) is 0 Å². The number of carbonyl (C=O) groups excluding carboxylic acids is 1. The minimum Gasteiger partial charge on any atom is -0.493 e. The van der Waals surface area contributed by atoms with E-state index in [-0.39, 0.29) is 17.1 Å². The van der Waals surface area contributed by atoms with Crippen molar-refractivity contribution in [1.82, 2.24) is 5.32 Å². The molecule has 10 heteroatoms. The van der Waals surface area contributed by atoms with Gasteiger partial charge in [-0.05, 0) is 18.2 Å². The van der Waals surface area contributed by atoms with Crippen LogP contribution in [0.2, 0.25) is 0 Å². The zero-order valence-corrected chi connectivity index (χ0v) is 14.2. The van der Waals surface area contributed by atoms with Gasteiger partial charge in [-0.25, -0.2) is 4.79 Å². The lowest BCUT2D eigenvalue weighted by Crippen LogP contribution is -2.65. The minimum absolute atomic E-state index is 0.0270. The Labute approximate surface area is 148 Å². The third kappa shape index (κ3) is 4.22. The van der Waals surface area contributed by atoms with Gasteiger partial charge >= 0.3 is 5.97 Å². The molecule has 2 rings (SSSR count). The van der Waals surface area contributed by atoms with Crippen LogP contribution in [-0.2, 0) is 9.53 Å². The second-order valence-corrected chi connectivity index (χ2v) is 5.72. The molecule has 1 aromatic carbocycles. The Hall–Kier alpha value is -2.40. The molecule has 10 nitrogen and oxygen atoms in total. The lowest BCUT2D eigenvalue weighted by atomic mass is 9.97. The molecule has 1 fully saturated rings. The van der Waals surface area contributed by atoms with Crippen molar-refractivity contribution in [3.8, 4) is 11.5 Å². The summed E-state index contributed by atoms with van der Waals surface area (Å²) in [5.74, 6) is -1.46. The first-order valence-electron chi connectivity index (χ1n) is 7.76. The number of nitrogens with one attached hydrogen (secondary N) is 1. The van der Waals surface area contributed by atoms with Gasteiger partial charge in [0.2, 0.25) is 12.2 Å². The maximum absolute atomic E-state index is 11.4. The largest absolute Gasteiger partial charge is 0.493 e. The highest BCUT2D eigenvalue weighted by atomic mass is 16.7. The lowest BCUT2D eigenvalue weighted by molar-refractivity contribution is -0.244. The highest BCUT2D eigenvalue weighted by Crippen LogP contribution is 2.32. The van der Waals surface area contributed by atoms with Gasteiger partial charge in [0.05, 0.1) is 19.3 Å². The number of carboxylic acids is 1.